The van der Waals surface area contributed by atoms with Crippen molar-refractivity contribution >= 4 is 23.2 Å². The van der Waals surface area contributed by atoms with Gasteiger partial charge < -0.3 is 5.32 Å². The number of rotatable bonds is 4. The second kappa shape index (κ2) is 6.58. The number of alkyl halides is 1. The minimum atomic E-state index is -0.116. The van der Waals surface area contributed by atoms with Gasteiger partial charge in [-0.2, -0.15) is 0 Å². The first-order valence-corrected chi connectivity index (χ1v) is 7.20. The Hall–Kier alpha value is -1.80. The van der Waals surface area contributed by atoms with Crippen LogP contribution in [0.1, 0.15) is 41.3 Å². The van der Waals surface area contributed by atoms with E-state index in [0.717, 1.165) is 11.3 Å². The summed E-state index contributed by atoms with van der Waals surface area (Å²) in [5.74, 6) is 0.777. The number of nitrogens with one attached hydrogen (secondary N) is 1. The Morgan fingerprint density at radius 3 is 2.45 bits per heavy atom. The van der Waals surface area contributed by atoms with Crippen LogP contribution in [0.5, 0.6) is 0 Å². The zero-order chi connectivity index (χ0) is 14.5. The Kier molecular flexibility index (Phi) is 4.80. The van der Waals surface area contributed by atoms with Gasteiger partial charge in [0.25, 0.3) is 5.91 Å². The fraction of sp³-hybridized carbons (Fsp3) is 0.235. The molecule has 1 amide bonds. The van der Waals surface area contributed by atoms with Crippen molar-refractivity contribution in [3.8, 4) is 0 Å². The maximum Gasteiger partial charge on any atom is 0.255 e. The molecule has 2 rings (SSSR count). The molecule has 20 heavy (non-hydrogen) atoms. The molecule has 0 aliphatic carbocycles. The van der Waals surface area contributed by atoms with Crippen LogP contribution in [0.25, 0.3) is 0 Å². The van der Waals surface area contributed by atoms with Crippen LogP contribution in [0.3, 0.4) is 0 Å². The molecule has 2 aromatic carbocycles. The van der Waals surface area contributed by atoms with Crippen molar-refractivity contribution in [1.82, 2.24) is 0 Å². The first kappa shape index (κ1) is 14.6. The molecule has 0 heterocycles. The Labute approximate surface area is 124 Å². The van der Waals surface area contributed by atoms with Crippen molar-refractivity contribution in [1.29, 1.82) is 0 Å². The number of carbonyl (C=O) groups is 1. The fourth-order valence-electron chi connectivity index (χ4n) is 1.95. The molecule has 3 heteroatoms. The minimum absolute atomic E-state index is 0.116. The molecule has 1 N–H and O–H groups in total. The molecule has 0 saturated carbocycles. The van der Waals surface area contributed by atoms with Crippen LogP contribution in [0.4, 0.5) is 5.69 Å². The molecular formula is C17H18ClNO. The van der Waals surface area contributed by atoms with Gasteiger partial charge in [0, 0.05) is 17.1 Å². The Bertz CT molecular complexity index is 590. The lowest BCUT2D eigenvalue weighted by Gasteiger charge is -2.09. The molecule has 0 aliphatic rings. The summed E-state index contributed by atoms with van der Waals surface area (Å²) >= 11 is 5.78. The van der Waals surface area contributed by atoms with Crippen molar-refractivity contribution in [2.24, 2.45) is 0 Å². The van der Waals surface area contributed by atoms with Gasteiger partial charge in [0.05, 0.1) is 0 Å². The van der Waals surface area contributed by atoms with Gasteiger partial charge in [0.15, 0.2) is 0 Å². The van der Waals surface area contributed by atoms with Crippen LogP contribution in [0.2, 0.25) is 0 Å². The number of benzene rings is 2. The standard InChI is InChI=1S/C17H18ClNO/c1-12(2)14-6-8-16(9-7-14)19-17(20)15-5-3-4-13(10-15)11-18/h3-10,12H,11H2,1-2H3,(H,19,20). The second-order valence-corrected chi connectivity index (χ2v) is 5.33. The molecule has 2 aromatic rings. The molecule has 2 nitrogen and oxygen atoms in total. The molecule has 0 unspecified atom stereocenters. The lowest BCUT2D eigenvalue weighted by atomic mass is 10.0. The molecule has 0 atom stereocenters. The van der Waals surface area contributed by atoms with E-state index in [1.807, 2.05) is 42.5 Å². The quantitative estimate of drug-likeness (QED) is 0.804. The van der Waals surface area contributed by atoms with E-state index in [4.69, 9.17) is 11.6 Å². The third-order valence-corrected chi connectivity index (χ3v) is 3.49. The lowest BCUT2D eigenvalue weighted by Crippen LogP contribution is -2.12. The summed E-state index contributed by atoms with van der Waals surface area (Å²) in [6, 6.07) is 15.3. The average molecular weight is 288 g/mol. The number of anilines is 1. The van der Waals surface area contributed by atoms with Crippen molar-refractivity contribution in [3.63, 3.8) is 0 Å². The van der Waals surface area contributed by atoms with Crippen LogP contribution in [0.15, 0.2) is 48.5 Å². The van der Waals surface area contributed by atoms with Gasteiger partial charge >= 0.3 is 0 Å². The lowest BCUT2D eigenvalue weighted by molar-refractivity contribution is 0.102. The minimum Gasteiger partial charge on any atom is -0.322 e. The highest BCUT2D eigenvalue weighted by Crippen LogP contribution is 2.18. The normalized spacial score (nSPS) is 10.6. The highest BCUT2D eigenvalue weighted by Gasteiger charge is 2.07. The zero-order valence-electron chi connectivity index (χ0n) is 11.7. The molecule has 0 aromatic heterocycles. The molecule has 0 spiro atoms. The predicted molar refractivity (Wildman–Crippen MR) is 84.5 cm³/mol. The van der Waals surface area contributed by atoms with E-state index in [2.05, 4.69) is 19.2 Å². The van der Waals surface area contributed by atoms with E-state index >= 15 is 0 Å². The largest absolute Gasteiger partial charge is 0.322 e. The van der Waals surface area contributed by atoms with E-state index in [-0.39, 0.29) is 5.91 Å². The van der Waals surface area contributed by atoms with Gasteiger partial charge in [-0.3, -0.25) is 4.79 Å². The summed E-state index contributed by atoms with van der Waals surface area (Å²) in [5.41, 5.74) is 3.62. The maximum atomic E-state index is 12.1. The fourth-order valence-corrected chi connectivity index (χ4v) is 2.12. The SMILES string of the molecule is CC(C)c1ccc(NC(=O)c2cccc(CCl)c2)cc1. The summed E-state index contributed by atoms with van der Waals surface area (Å²) in [5, 5.41) is 2.89. The van der Waals surface area contributed by atoms with E-state index in [1.165, 1.54) is 5.56 Å². The van der Waals surface area contributed by atoms with Crippen LogP contribution >= 0.6 is 11.6 Å². The molecule has 104 valence electrons. The van der Waals surface area contributed by atoms with E-state index < -0.39 is 0 Å². The molecule has 0 fully saturated rings. The molecule has 0 radical (unpaired) electrons. The van der Waals surface area contributed by atoms with E-state index in [9.17, 15) is 4.79 Å². The van der Waals surface area contributed by atoms with Crippen LogP contribution < -0.4 is 5.32 Å². The first-order valence-electron chi connectivity index (χ1n) is 6.66. The van der Waals surface area contributed by atoms with E-state index in [0.29, 0.717) is 17.4 Å². The van der Waals surface area contributed by atoms with Crippen molar-refractivity contribution in [2.75, 3.05) is 5.32 Å². The third kappa shape index (κ3) is 3.61. The van der Waals surface area contributed by atoms with Crippen LogP contribution in [-0.4, -0.2) is 5.91 Å². The van der Waals surface area contributed by atoms with Gasteiger partial charge in [-0.05, 0) is 41.3 Å². The monoisotopic (exact) mass is 287 g/mol. The summed E-state index contributed by atoms with van der Waals surface area (Å²) < 4.78 is 0. The van der Waals surface area contributed by atoms with Crippen molar-refractivity contribution in [2.45, 2.75) is 25.6 Å². The average Bonchev–Trinajstić information content (AvgIpc) is 2.47. The smallest absolute Gasteiger partial charge is 0.255 e. The maximum absolute atomic E-state index is 12.1. The van der Waals surface area contributed by atoms with Gasteiger partial charge in [-0.25, -0.2) is 0 Å². The predicted octanol–water partition coefficient (Wildman–Crippen LogP) is 4.80. The van der Waals surface area contributed by atoms with Gasteiger partial charge in [-0.15, -0.1) is 11.6 Å². The third-order valence-electron chi connectivity index (χ3n) is 3.18. The molecular weight excluding hydrogens is 270 g/mol. The van der Waals surface area contributed by atoms with Crippen molar-refractivity contribution in [3.05, 3.63) is 65.2 Å². The summed E-state index contributed by atoms with van der Waals surface area (Å²) in [6.07, 6.45) is 0. The zero-order valence-corrected chi connectivity index (χ0v) is 12.4. The summed E-state index contributed by atoms with van der Waals surface area (Å²) in [6.45, 7) is 4.29. The van der Waals surface area contributed by atoms with E-state index in [1.54, 1.807) is 6.07 Å². The van der Waals surface area contributed by atoms with Crippen molar-refractivity contribution < 1.29 is 4.79 Å². The highest BCUT2D eigenvalue weighted by molar-refractivity contribution is 6.17. The summed E-state index contributed by atoms with van der Waals surface area (Å²) in [7, 11) is 0. The first-order chi connectivity index (χ1) is 9.60. The molecule has 0 bridgehead atoms. The Balaban J connectivity index is 2.10. The highest BCUT2D eigenvalue weighted by atomic mass is 35.5. The van der Waals surface area contributed by atoms with Crippen LogP contribution in [0, 0.1) is 0 Å². The number of hydrogen-bond donors (Lipinski definition) is 1. The van der Waals surface area contributed by atoms with Gasteiger partial charge in [0.2, 0.25) is 0 Å². The van der Waals surface area contributed by atoms with Gasteiger partial charge in [0.1, 0.15) is 0 Å². The Morgan fingerprint density at radius 1 is 1.15 bits per heavy atom. The number of hydrogen-bond acceptors (Lipinski definition) is 1. The number of amides is 1. The number of carbonyl (C=O) groups excluding carboxylic acids is 1. The molecule has 0 aliphatic heterocycles. The van der Waals surface area contributed by atoms with Gasteiger partial charge in [-0.1, -0.05) is 38.1 Å². The summed E-state index contributed by atoms with van der Waals surface area (Å²) in [4.78, 5) is 12.1. The topological polar surface area (TPSA) is 29.1 Å². The Morgan fingerprint density at radius 2 is 1.85 bits per heavy atom. The molecule has 0 saturated heterocycles. The number of halogens is 1. The second-order valence-electron chi connectivity index (χ2n) is 5.06. The van der Waals surface area contributed by atoms with Crippen LogP contribution in [-0.2, 0) is 5.88 Å².